The fourth-order valence-electron chi connectivity index (χ4n) is 2.99. The van der Waals surface area contributed by atoms with Gasteiger partial charge in [0, 0.05) is 37.2 Å². The van der Waals surface area contributed by atoms with E-state index in [1.165, 1.54) is 28.9 Å². The fraction of sp³-hybridized carbons (Fsp3) is 0.500. The van der Waals surface area contributed by atoms with E-state index in [4.69, 9.17) is 16.3 Å². The number of nitrogens with zero attached hydrogens (tertiary/aromatic N) is 3. The number of amides is 3. The van der Waals surface area contributed by atoms with Crippen LogP contribution < -0.4 is 4.90 Å². The van der Waals surface area contributed by atoms with Crippen molar-refractivity contribution in [2.24, 2.45) is 0 Å². The van der Waals surface area contributed by atoms with Crippen LogP contribution in [-0.2, 0) is 28.7 Å². The number of ether oxygens (including phenoxy) is 2. The third-order valence-electron chi connectivity index (χ3n) is 4.66. The van der Waals surface area contributed by atoms with Crippen molar-refractivity contribution in [2.75, 3.05) is 52.0 Å². The van der Waals surface area contributed by atoms with E-state index < -0.39 is 0 Å². The summed E-state index contributed by atoms with van der Waals surface area (Å²) in [5.74, 6) is -1.22. The third kappa shape index (κ3) is 6.70. The van der Waals surface area contributed by atoms with Crippen molar-refractivity contribution in [3.63, 3.8) is 0 Å². The molecule has 0 aromatic heterocycles. The van der Waals surface area contributed by atoms with Gasteiger partial charge in [0.2, 0.25) is 17.7 Å². The summed E-state index contributed by atoms with van der Waals surface area (Å²) in [4.78, 5) is 53.1. The molecule has 0 aliphatic carbocycles. The predicted octanol–water partition coefficient (Wildman–Crippen LogP) is 1.29. The molecule has 0 radical (unpaired) electrons. The molecule has 1 aromatic rings. The number of anilines is 1. The van der Waals surface area contributed by atoms with Crippen LogP contribution in [0.3, 0.4) is 0 Å². The van der Waals surface area contributed by atoms with E-state index in [1.807, 2.05) is 0 Å². The standard InChI is InChI=1S/C20H26ClN3O6/c1-29-10-9-22(17(25)7-4-8-20(28)30-2)12-18(26)23-13-19(27)24(14-23)16-6-3-5-15(21)11-16/h3,5-6,11H,4,7-10,12-14H2,1-2H3. The van der Waals surface area contributed by atoms with Crippen molar-refractivity contribution in [1.82, 2.24) is 9.80 Å². The van der Waals surface area contributed by atoms with Crippen LogP contribution in [-0.4, -0.2) is 80.6 Å². The lowest BCUT2D eigenvalue weighted by Crippen LogP contribution is -2.44. The normalized spacial score (nSPS) is 13.5. The van der Waals surface area contributed by atoms with Gasteiger partial charge in [-0.3, -0.25) is 24.1 Å². The maximum Gasteiger partial charge on any atom is 0.305 e. The lowest BCUT2D eigenvalue weighted by Gasteiger charge is -2.25. The van der Waals surface area contributed by atoms with Crippen LogP contribution in [0.25, 0.3) is 0 Å². The maximum atomic E-state index is 12.8. The summed E-state index contributed by atoms with van der Waals surface area (Å²) in [7, 11) is 2.79. The molecule has 1 heterocycles. The Morgan fingerprint density at radius 3 is 2.63 bits per heavy atom. The summed E-state index contributed by atoms with van der Waals surface area (Å²) < 4.78 is 9.59. The van der Waals surface area contributed by atoms with Gasteiger partial charge in [0.05, 0.1) is 20.3 Å². The highest BCUT2D eigenvalue weighted by Gasteiger charge is 2.33. The van der Waals surface area contributed by atoms with Crippen molar-refractivity contribution in [3.05, 3.63) is 29.3 Å². The summed E-state index contributed by atoms with van der Waals surface area (Å²) in [6.45, 7) is 0.354. The first-order valence-corrected chi connectivity index (χ1v) is 9.90. The minimum absolute atomic E-state index is 0.0694. The highest BCUT2D eigenvalue weighted by Crippen LogP contribution is 2.23. The van der Waals surface area contributed by atoms with Crippen LogP contribution in [0, 0.1) is 0 Å². The lowest BCUT2D eigenvalue weighted by molar-refractivity contribution is -0.142. The molecule has 1 aliphatic rings. The van der Waals surface area contributed by atoms with Crippen LogP contribution in [0.5, 0.6) is 0 Å². The van der Waals surface area contributed by atoms with Crippen molar-refractivity contribution in [2.45, 2.75) is 19.3 Å². The fourth-order valence-corrected chi connectivity index (χ4v) is 3.17. The highest BCUT2D eigenvalue weighted by molar-refractivity contribution is 6.31. The first kappa shape index (κ1) is 23.6. The van der Waals surface area contributed by atoms with Crippen molar-refractivity contribution >= 4 is 41.0 Å². The van der Waals surface area contributed by atoms with Gasteiger partial charge in [-0.05, 0) is 24.6 Å². The van der Waals surface area contributed by atoms with Gasteiger partial charge in [-0.2, -0.15) is 0 Å². The van der Waals surface area contributed by atoms with Gasteiger partial charge in [-0.1, -0.05) is 17.7 Å². The molecule has 0 N–H and O–H groups in total. The van der Waals surface area contributed by atoms with Gasteiger partial charge in [0.15, 0.2) is 0 Å². The Hall–Kier alpha value is -2.65. The van der Waals surface area contributed by atoms with E-state index in [-0.39, 0.29) is 69.4 Å². The van der Waals surface area contributed by atoms with E-state index in [2.05, 4.69) is 4.74 Å². The van der Waals surface area contributed by atoms with Crippen molar-refractivity contribution in [1.29, 1.82) is 0 Å². The zero-order valence-electron chi connectivity index (χ0n) is 17.1. The van der Waals surface area contributed by atoms with Crippen LogP contribution in [0.4, 0.5) is 5.69 Å². The van der Waals surface area contributed by atoms with E-state index >= 15 is 0 Å². The molecule has 0 unspecified atom stereocenters. The van der Waals surface area contributed by atoms with Crippen LogP contribution in [0.2, 0.25) is 5.02 Å². The smallest absolute Gasteiger partial charge is 0.305 e. The number of carbonyl (C=O) groups excluding carboxylic acids is 4. The van der Waals surface area contributed by atoms with Gasteiger partial charge in [-0.15, -0.1) is 0 Å². The Morgan fingerprint density at radius 2 is 1.97 bits per heavy atom. The zero-order chi connectivity index (χ0) is 22.1. The summed E-state index contributed by atoms with van der Waals surface area (Å²) >= 11 is 5.99. The monoisotopic (exact) mass is 439 g/mol. The number of methoxy groups -OCH3 is 2. The maximum absolute atomic E-state index is 12.8. The summed E-state index contributed by atoms with van der Waals surface area (Å²) in [6, 6.07) is 6.83. The quantitative estimate of drug-likeness (QED) is 0.510. The second-order valence-corrected chi connectivity index (χ2v) is 7.21. The summed E-state index contributed by atoms with van der Waals surface area (Å²) in [5.41, 5.74) is 0.609. The van der Waals surface area contributed by atoms with Crippen LogP contribution in [0.15, 0.2) is 24.3 Å². The average molecular weight is 440 g/mol. The number of halogens is 1. The van der Waals surface area contributed by atoms with Crippen LogP contribution >= 0.6 is 11.6 Å². The molecule has 0 atom stereocenters. The van der Waals surface area contributed by atoms with Gasteiger partial charge >= 0.3 is 5.97 Å². The SMILES string of the molecule is COCCN(CC(=O)N1CC(=O)N(c2cccc(Cl)c2)C1)C(=O)CCCC(=O)OC. The highest BCUT2D eigenvalue weighted by atomic mass is 35.5. The van der Waals surface area contributed by atoms with Gasteiger partial charge in [-0.25, -0.2) is 0 Å². The molecule has 1 fully saturated rings. The molecule has 10 heteroatoms. The predicted molar refractivity (Wildman–Crippen MR) is 110 cm³/mol. The average Bonchev–Trinajstić information content (AvgIpc) is 3.12. The van der Waals surface area contributed by atoms with E-state index in [9.17, 15) is 19.2 Å². The molecular formula is C20H26ClN3O6. The molecule has 0 bridgehead atoms. The molecule has 0 saturated carbocycles. The number of hydrogen-bond acceptors (Lipinski definition) is 6. The minimum atomic E-state index is -0.390. The third-order valence-corrected chi connectivity index (χ3v) is 4.89. The first-order valence-electron chi connectivity index (χ1n) is 9.53. The minimum Gasteiger partial charge on any atom is -0.469 e. The molecule has 0 spiro atoms. The first-order chi connectivity index (χ1) is 14.3. The van der Waals surface area contributed by atoms with Gasteiger partial charge in [0.25, 0.3) is 0 Å². The Kier molecular flexibility index (Phi) is 9.07. The van der Waals surface area contributed by atoms with E-state index in [1.54, 1.807) is 24.3 Å². The molecule has 9 nitrogen and oxygen atoms in total. The van der Waals surface area contributed by atoms with Crippen LogP contribution in [0.1, 0.15) is 19.3 Å². The number of hydrogen-bond donors (Lipinski definition) is 0. The van der Waals surface area contributed by atoms with E-state index in [0.717, 1.165) is 0 Å². The molecule has 1 aliphatic heterocycles. The number of rotatable bonds is 10. The van der Waals surface area contributed by atoms with E-state index in [0.29, 0.717) is 17.1 Å². The summed E-state index contributed by atoms with van der Waals surface area (Å²) in [6.07, 6.45) is 0.567. The largest absolute Gasteiger partial charge is 0.469 e. The van der Waals surface area contributed by atoms with Gasteiger partial charge in [0.1, 0.15) is 13.2 Å². The number of esters is 1. The molecular weight excluding hydrogens is 414 g/mol. The molecule has 3 amide bonds. The Bertz CT molecular complexity index is 788. The number of carbonyl (C=O) groups is 4. The lowest BCUT2D eigenvalue weighted by atomic mass is 10.2. The summed E-state index contributed by atoms with van der Waals surface area (Å²) in [5, 5.41) is 0.494. The van der Waals surface area contributed by atoms with Crippen molar-refractivity contribution < 1.29 is 28.7 Å². The van der Waals surface area contributed by atoms with Crippen molar-refractivity contribution in [3.8, 4) is 0 Å². The molecule has 2 rings (SSSR count). The Balaban J connectivity index is 1.96. The van der Waals surface area contributed by atoms with Gasteiger partial charge < -0.3 is 19.3 Å². The number of benzene rings is 1. The zero-order valence-corrected chi connectivity index (χ0v) is 17.9. The molecule has 164 valence electrons. The molecule has 1 saturated heterocycles. The topological polar surface area (TPSA) is 96.5 Å². The second-order valence-electron chi connectivity index (χ2n) is 6.77. The second kappa shape index (κ2) is 11.5. The molecule has 30 heavy (non-hydrogen) atoms. The Morgan fingerprint density at radius 1 is 1.20 bits per heavy atom. The molecule has 1 aromatic carbocycles. The Labute approximate surface area is 180 Å².